The van der Waals surface area contributed by atoms with Crippen molar-refractivity contribution in [3.05, 3.63) is 28.3 Å². The molecule has 0 aliphatic heterocycles. The molecule has 0 radical (unpaired) electrons. The monoisotopic (exact) mass is 262 g/mol. The van der Waals surface area contributed by atoms with Crippen molar-refractivity contribution in [2.75, 3.05) is 11.9 Å². The number of oxazole rings is 1. The molecule has 1 aromatic carbocycles. The van der Waals surface area contributed by atoms with Crippen LogP contribution in [-0.4, -0.2) is 22.5 Å². The summed E-state index contributed by atoms with van der Waals surface area (Å²) in [4.78, 5) is 14.5. The molecule has 2 aromatic rings. The Morgan fingerprint density at radius 3 is 3.05 bits per heavy atom. The highest BCUT2D eigenvalue weighted by Crippen LogP contribution is 2.32. The number of non-ortho nitro benzene ring substituents is 1. The zero-order valence-corrected chi connectivity index (χ0v) is 10.2. The van der Waals surface area contributed by atoms with Crippen LogP contribution in [0.1, 0.15) is 12.8 Å². The number of nitro groups is 1. The Labute approximate surface area is 108 Å². The van der Waals surface area contributed by atoms with Gasteiger partial charge < -0.3 is 15.5 Å². The summed E-state index contributed by atoms with van der Waals surface area (Å²) in [6, 6.07) is 4.99. The number of hydrogen-bond acceptors (Lipinski definition) is 6. The molecule has 0 amide bonds. The summed E-state index contributed by atoms with van der Waals surface area (Å²) in [6.45, 7) is 0.561. The third-order valence-electron chi connectivity index (χ3n) is 3.31. The van der Waals surface area contributed by atoms with Crippen molar-refractivity contribution in [3.63, 3.8) is 0 Å². The molecule has 1 aliphatic carbocycles. The molecule has 0 saturated heterocycles. The van der Waals surface area contributed by atoms with E-state index in [1.807, 2.05) is 0 Å². The van der Waals surface area contributed by atoms with Gasteiger partial charge in [-0.05, 0) is 24.8 Å². The van der Waals surface area contributed by atoms with Crippen LogP contribution in [0.3, 0.4) is 0 Å². The molecular formula is C12H14N4O3. The lowest BCUT2D eigenvalue weighted by Crippen LogP contribution is -2.31. The molecule has 1 aromatic heterocycles. The molecule has 1 fully saturated rings. The third-order valence-corrected chi connectivity index (χ3v) is 3.31. The van der Waals surface area contributed by atoms with Gasteiger partial charge >= 0.3 is 0 Å². The minimum Gasteiger partial charge on any atom is -0.423 e. The Kier molecular flexibility index (Phi) is 2.83. The van der Waals surface area contributed by atoms with Crippen molar-refractivity contribution in [1.82, 2.24) is 4.98 Å². The van der Waals surface area contributed by atoms with Gasteiger partial charge in [0.15, 0.2) is 11.1 Å². The Hall–Kier alpha value is -2.15. The summed E-state index contributed by atoms with van der Waals surface area (Å²) in [5.74, 6) is 0.575. The number of nitrogens with one attached hydrogen (secondary N) is 1. The first-order valence-electron chi connectivity index (χ1n) is 6.18. The van der Waals surface area contributed by atoms with Crippen LogP contribution in [0.4, 0.5) is 11.7 Å². The lowest BCUT2D eigenvalue weighted by molar-refractivity contribution is -0.383. The minimum atomic E-state index is -0.468. The zero-order valence-electron chi connectivity index (χ0n) is 10.2. The number of fused-ring (bicyclic) bond motifs is 1. The van der Waals surface area contributed by atoms with Crippen LogP contribution in [0.15, 0.2) is 22.6 Å². The third kappa shape index (κ3) is 2.37. The molecule has 7 heteroatoms. The molecular weight excluding hydrogens is 248 g/mol. The lowest BCUT2D eigenvalue weighted by Gasteiger charge is -2.09. The SMILES string of the molecule is NC(CNc1nc2c([N+](=O)[O-])cccc2o1)C1CC1. The highest BCUT2D eigenvalue weighted by atomic mass is 16.6. The Morgan fingerprint density at radius 1 is 1.58 bits per heavy atom. The van der Waals surface area contributed by atoms with Crippen molar-refractivity contribution in [1.29, 1.82) is 0 Å². The van der Waals surface area contributed by atoms with Crippen molar-refractivity contribution >= 4 is 22.8 Å². The summed E-state index contributed by atoms with van der Waals surface area (Å²) in [5.41, 5.74) is 6.56. The van der Waals surface area contributed by atoms with Gasteiger partial charge in [-0.2, -0.15) is 4.98 Å². The first kappa shape index (κ1) is 11.9. The number of anilines is 1. The van der Waals surface area contributed by atoms with Crippen LogP contribution < -0.4 is 11.1 Å². The van der Waals surface area contributed by atoms with E-state index >= 15 is 0 Å². The number of rotatable bonds is 5. The summed E-state index contributed by atoms with van der Waals surface area (Å²) >= 11 is 0. The fourth-order valence-corrected chi connectivity index (χ4v) is 2.05. The van der Waals surface area contributed by atoms with E-state index in [0.29, 0.717) is 18.0 Å². The van der Waals surface area contributed by atoms with E-state index in [1.165, 1.54) is 18.9 Å². The number of aromatic nitrogens is 1. The molecule has 100 valence electrons. The molecule has 19 heavy (non-hydrogen) atoms. The van der Waals surface area contributed by atoms with E-state index in [4.69, 9.17) is 10.2 Å². The molecule has 1 aliphatic rings. The quantitative estimate of drug-likeness (QED) is 0.629. The summed E-state index contributed by atoms with van der Waals surface area (Å²) in [5, 5.41) is 13.9. The van der Waals surface area contributed by atoms with Gasteiger partial charge in [-0.25, -0.2) is 0 Å². The topological polar surface area (TPSA) is 107 Å². The molecule has 0 spiro atoms. The molecule has 1 unspecified atom stereocenters. The highest BCUT2D eigenvalue weighted by Gasteiger charge is 2.28. The summed E-state index contributed by atoms with van der Waals surface area (Å²) < 4.78 is 5.43. The average Bonchev–Trinajstić information content (AvgIpc) is 3.14. The first-order chi connectivity index (χ1) is 9.15. The fourth-order valence-electron chi connectivity index (χ4n) is 2.05. The molecule has 1 heterocycles. The predicted molar refractivity (Wildman–Crippen MR) is 69.9 cm³/mol. The second-order valence-corrected chi connectivity index (χ2v) is 4.78. The standard InChI is InChI=1S/C12H14N4O3/c13-8(7-4-5-7)6-14-12-15-11-9(16(17)18)2-1-3-10(11)19-12/h1-3,7-8H,4-6,13H2,(H,14,15). The van der Waals surface area contributed by atoms with Crippen LogP contribution in [-0.2, 0) is 0 Å². The fraction of sp³-hybridized carbons (Fsp3) is 0.417. The van der Waals surface area contributed by atoms with E-state index < -0.39 is 4.92 Å². The van der Waals surface area contributed by atoms with Crippen LogP contribution >= 0.6 is 0 Å². The van der Waals surface area contributed by atoms with Crippen molar-refractivity contribution in [2.45, 2.75) is 18.9 Å². The highest BCUT2D eigenvalue weighted by molar-refractivity contribution is 5.83. The Morgan fingerprint density at radius 2 is 2.37 bits per heavy atom. The van der Waals surface area contributed by atoms with E-state index in [2.05, 4.69) is 10.3 Å². The molecule has 3 N–H and O–H groups in total. The zero-order chi connectivity index (χ0) is 13.4. The number of para-hydroxylation sites is 1. The molecule has 1 atom stereocenters. The van der Waals surface area contributed by atoms with Crippen molar-refractivity contribution in [3.8, 4) is 0 Å². The van der Waals surface area contributed by atoms with E-state index in [-0.39, 0.29) is 23.3 Å². The molecule has 7 nitrogen and oxygen atoms in total. The molecule has 3 rings (SSSR count). The van der Waals surface area contributed by atoms with E-state index in [1.54, 1.807) is 12.1 Å². The van der Waals surface area contributed by atoms with Gasteiger partial charge in [0.05, 0.1) is 4.92 Å². The van der Waals surface area contributed by atoms with Crippen LogP contribution in [0.2, 0.25) is 0 Å². The maximum atomic E-state index is 10.9. The van der Waals surface area contributed by atoms with Gasteiger partial charge in [0.2, 0.25) is 0 Å². The van der Waals surface area contributed by atoms with Crippen LogP contribution in [0.5, 0.6) is 0 Å². The van der Waals surface area contributed by atoms with Gasteiger partial charge in [0.25, 0.3) is 11.7 Å². The largest absolute Gasteiger partial charge is 0.423 e. The lowest BCUT2D eigenvalue weighted by atomic mass is 10.2. The van der Waals surface area contributed by atoms with Gasteiger partial charge in [-0.3, -0.25) is 10.1 Å². The second-order valence-electron chi connectivity index (χ2n) is 4.78. The van der Waals surface area contributed by atoms with Gasteiger partial charge in [0, 0.05) is 18.7 Å². The average molecular weight is 262 g/mol. The maximum absolute atomic E-state index is 10.9. The van der Waals surface area contributed by atoms with Gasteiger partial charge in [-0.15, -0.1) is 0 Å². The van der Waals surface area contributed by atoms with Crippen LogP contribution in [0.25, 0.3) is 11.1 Å². The molecule has 1 saturated carbocycles. The number of nitrogens with zero attached hydrogens (tertiary/aromatic N) is 2. The number of benzene rings is 1. The number of hydrogen-bond donors (Lipinski definition) is 2. The normalized spacial score (nSPS) is 16.5. The Bertz CT molecular complexity index is 620. The van der Waals surface area contributed by atoms with Gasteiger partial charge in [-0.1, -0.05) is 6.07 Å². The number of nitro benzene ring substituents is 1. The smallest absolute Gasteiger partial charge is 0.298 e. The maximum Gasteiger partial charge on any atom is 0.298 e. The van der Waals surface area contributed by atoms with Gasteiger partial charge in [0.1, 0.15) is 0 Å². The Balaban J connectivity index is 1.80. The van der Waals surface area contributed by atoms with Crippen molar-refractivity contribution in [2.24, 2.45) is 11.7 Å². The predicted octanol–water partition coefficient (Wildman–Crippen LogP) is 1.89. The van der Waals surface area contributed by atoms with E-state index in [0.717, 1.165) is 0 Å². The summed E-state index contributed by atoms with van der Waals surface area (Å²) in [6.07, 6.45) is 2.34. The second kappa shape index (κ2) is 4.51. The minimum absolute atomic E-state index is 0.0548. The van der Waals surface area contributed by atoms with Crippen molar-refractivity contribution < 1.29 is 9.34 Å². The summed E-state index contributed by atoms with van der Waals surface area (Å²) in [7, 11) is 0. The number of nitrogens with two attached hydrogens (primary N) is 1. The van der Waals surface area contributed by atoms with E-state index in [9.17, 15) is 10.1 Å². The van der Waals surface area contributed by atoms with Crippen LogP contribution in [0, 0.1) is 16.0 Å². The first-order valence-corrected chi connectivity index (χ1v) is 6.18. The molecule has 0 bridgehead atoms.